The van der Waals surface area contributed by atoms with Crippen LogP contribution in [0.25, 0.3) is 11.3 Å². The molecular weight excluding hydrogens is 392 g/mol. The highest BCUT2D eigenvalue weighted by Gasteiger charge is 2.19. The van der Waals surface area contributed by atoms with Crippen molar-refractivity contribution < 1.29 is 9.72 Å². The summed E-state index contributed by atoms with van der Waals surface area (Å²) in [5, 5.41) is 14.6. The fourth-order valence-electron chi connectivity index (χ4n) is 3.74. The molecule has 158 valence electrons. The summed E-state index contributed by atoms with van der Waals surface area (Å²) in [4.78, 5) is 30.0. The third-order valence-corrected chi connectivity index (χ3v) is 5.44. The Morgan fingerprint density at radius 3 is 2.35 bits per heavy atom. The molecule has 1 aromatic heterocycles. The molecule has 2 heterocycles. The van der Waals surface area contributed by atoms with Gasteiger partial charge >= 0.3 is 0 Å². The summed E-state index contributed by atoms with van der Waals surface area (Å²) in [5.74, 6) is 0.640. The minimum atomic E-state index is -0.419. The lowest BCUT2D eigenvalue weighted by molar-refractivity contribution is -0.384. The molecule has 1 aliphatic heterocycles. The number of pyridine rings is 1. The largest absolute Gasteiger partial charge is 0.366 e. The van der Waals surface area contributed by atoms with Gasteiger partial charge in [-0.15, -0.1) is 0 Å². The number of hydrogen-bond donors (Lipinski definition) is 1. The number of piperidine rings is 1. The average molecular weight is 416 g/mol. The second-order valence-electron chi connectivity index (χ2n) is 7.59. The van der Waals surface area contributed by atoms with Crippen LogP contribution in [0.15, 0.2) is 66.7 Å². The Hall–Kier alpha value is -3.74. The number of benzene rings is 2. The van der Waals surface area contributed by atoms with Crippen molar-refractivity contribution in [2.24, 2.45) is 0 Å². The minimum Gasteiger partial charge on any atom is -0.366 e. The highest BCUT2D eigenvalue weighted by molar-refractivity contribution is 5.94. The number of nitrogens with zero attached hydrogens (tertiary/aromatic N) is 3. The Balaban J connectivity index is 1.45. The molecule has 1 amide bonds. The number of anilines is 1. The van der Waals surface area contributed by atoms with Crippen LogP contribution in [0.1, 0.15) is 35.2 Å². The molecule has 4 rings (SSSR count). The Labute approximate surface area is 180 Å². The van der Waals surface area contributed by atoms with E-state index in [0.29, 0.717) is 29.2 Å². The highest BCUT2D eigenvalue weighted by atomic mass is 16.6. The van der Waals surface area contributed by atoms with Gasteiger partial charge in [-0.2, -0.15) is 0 Å². The van der Waals surface area contributed by atoms with Gasteiger partial charge in [-0.1, -0.05) is 42.5 Å². The van der Waals surface area contributed by atoms with E-state index in [-0.39, 0.29) is 11.6 Å². The number of amides is 1. The van der Waals surface area contributed by atoms with Crippen LogP contribution in [0.4, 0.5) is 11.5 Å². The molecule has 0 radical (unpaired) electrons. The van der Waals surface area contributed by atoms with E-state index in [9.17, 15) is 14.9 Å². The first-order chi connectivity index (χ1) is 15.1. The Morgan fingerprint density at radius 2 is 1.68 bits per heavy atom. The van der Waals surface area contributed by atoms with Gasteiger partial charge in [0.2, 0.25) is 0 Å². The van der Waals surface area contributed by atoms with Crippen molar-refractivity contribution in [3.05, 3.63) is 88.0 Å². The maximum Gasteiger partial charge on any atom is 0.295 e. The van der Waals surface area contributed by atoms with Crippen LogP contribution in [0, 0.1) is 10.1 Å². The van der Waals surface area contributed by atoms with Crippen molar-refractivity contribution in [2.75, 3.05) is 18.4 Å². The number of nitro groups is 1. The van der Waals surface area contributed by atoms with Gasteiger partial charge in [0.05, 0.1) is 4.92 Å². The van der Waals surface area contributed by atoms with Crippen LogP contribution in [0.2, 0.25) is 0 Å². The second kappa shape index (κ2) is 9.38. The number of nitrogens with one attached hydrogen (secondary N) is 1. The number of hydrogen-bond acceptors (Lipinski definition) is 5. The first kappa shape index (κ1) is 20.5. The third-order valence-electron chi connectivity index (χ3n) is 5.44. The van der Waals surface area contributed by atoms with E-state index in [4.69, 9.17) is 0 Å². The molecule has 0 atom stereocenters. The molecule has 0 bridgehead atoms. The Bertz CT molecular complexity index is 1060. The maximum absolute atomic E-state index is 12.6. The van der Waals surface area contributed by atoms with E-state index in [1.807, 2.05) is 47.4 Å². The molecule has 1 saturated heterocycles. The van der Waals surface area contributed by atoms with E-state index in [2.05, 4.69) is 10.3 Å². The molecule has 3 aromatic rings. The molecule has 1 N–H and O–H groups in total. The first-order valence-corrected chi connectivity index (χ1v) is 10.4. The van der Waals surface area contributed by atoms with Crippen LogP contribution in [-0.4, -0.2) is 33.8 Å². The molecule has 31 heavy (non-hydrogen) atoms. The lowest BCUT2D eigenvalue weighted by Gasteiger charge is -2.26. The summed E-state index contributed by atoms with van der Waals surface area (Å²) in [6.45, 7) is 2.16. The van der Waals surface area contributed by atoms with Gasteiger partial charge in [-0.3, -0.25) is 14.9 Å². The third kappa shape index (κ3) is 4.88. The zero-order valence-electron chi connectivity index (χ0n) is 17.2. The Morgan fingerprint density at radius 1 is 0.968 bits per heavy atom. The maximum atomic E-state index is 12.6. The lowest BCUT2D eigenvalue weighted by atomic mass is 10.1. The summed E-state index contributed by atoms with van der Waals surface area (Å²) in [5.41, 5.74) is 2.69. The van der Waals surface area contributed by atoms with Crippen molar-refractivity contribution in [3.8, 4) is 11.3 Å². The fourth-order valence-corrected chi connectivity index (χ4v) is 3.74. The van der Waals surface area contributed by atoms with Crippen LogP contribution >= 0.6 is 0 Å². The molecule has 7 heteroatoms. The number of carbonyl (C=O) groups excluding carboxylic acids is 1. The van der Waals surface area contributed by atoms with E-state index >= 15 is 0 Å². The monoisotopic (exact) mass is 416 g/mol. The zero-order valence-corrected chi connectivity index (χ0v) is 17.2. The molecule has 1 fully saturated rings. The lowest BCUT2D eigenvalue weighted by Crippen LogP contribution is -2.35. The SMILES string of the molecule is O=C(c1ccc(CNc2ccc([N+](=O)[O-])c(-c3ccccc3)n2)cc1)N1CCCCC1. The predicted molar refractivity (Wildman–Crippen MR) is 120 cm³/mol. The molecule has 0 unspecified atom stereocenters. The summed E-state index contributed by atoms with van der Waals surface area (Å²) >= 11 is 0. The zero-order chi connectivity index (χ0) is 21.6. The van der Waals surface area contributed by atoms with Gasteiger partial charge in [0.15, 0.2) is 5.69 Å². The van der Waals surface area contributed by atoms with Gasteiger partial charge in [-0.25, -0.2) is 4.98 Å². The summed E-state index contributed by atoms with van der Waals surface area (Å²) in [6, 6.07) is 19.8. The van der Waals surface area contributed by atoms with Crippen molar-refractivity contribution >= 4 is 17.4 Å². The van der Waals surface area contributed by atoms with Gasteiger partial charge in [-0.05, 0) is 43.0 Å². The van der Waals surface area contributed by atoms with Crippen molar-refractivity contribution in [1.82, 2.24) is 9.88 Å². The molecule has 0 saturated carbocycles. The average Bonchev–Trinajstić information content (AvgIpc) is 2.83. The normalized spacial score (nSPS) is 13.6. The Kier molecular flexibility index (Phi) is 6.21. The second-order valence-corrected chi connectivity index (χ2v) is 7.59. The van der Waals surface area contributed by atoms with Crippen LogP contribution in [0.5, 0.6) is 0 Å². The summed E-state index contributed by atoms with van der Waals surface area (Å²) < 4.78 is 0. The van der Waals surface area contributed by atoms with Gasteiger partial charge in [0, 0.05) is 36.8 Å². The quantitative estimate of drug-likeness (QED) is 0.456. The van der Waals surface area contributed by atoms with Crippen LogP contribution < -0.4 is 5.32 Å². The predicted octanol–water partition coefficient (Wildman–Crippen LogP) is 4.90. The van der Waals surface area contributed by atoms with Crippen LogP contribution in [0.3, 0.4) is 0 Å². The smallest absolute Gasteiger partial charge is 0.295 e. The van der Waals surface area contributed by atoms with Crippen LogP contribution in [-0.2, 0) is 6.54 Å². The number of aromatic nitrogens is 1. The van der Waals surface area contributed by atoms with Gasteiger partial charge < -0.3 is 10.2 Å². The first-order valence-electron chi connectivity index (χ1n) is 10.4. The minimum absolute atomic E-state index is 0.0303. The van der Waals surface area contributed by atoms with Crippen molar-refractivity contribution in [2.45, 2.75) is 25.8 Å². The van der Waals surface area contributed by atoms with Gasteiger partial charge in [0.1, 0.15) is 5.82 Å². The van der Waals surface area contributed by atoms with E-state index < -0.39 is 4.92 Å². The summed E-state index contributed by atoms with van der Waals surface area (Å²) in [6.07, 6.45) is 3.33. The molecule has 0 spiro atoms. The molecular formula is C24H24N4O3. The van der Waals surface area contributed by atoms with E-state index in [1.54, 1.807) is 18.2 Å². The standard InChI is InChI=1S/C24H24N4O3/c29-24(27-15-5-2-6-16-27)20-11-9-18(10-12-20)17-25-22-14-13-21(28(30)31)23(26-22)19-7-3-1-4-8-19/h1,3-4,7-14H,2,5-6,15-17H2,(H,25,26). The van der Waals surface area contributed by atoms with E-state index in [1.165, 1.54) is 12.5 Å². The molecule has 1 aliphatic rings. The molecule has 2 aromatic carbocycles. The molecule has 0 aliphatic carbocycles. The van der Waals surface area contributed by atoms with E-state index in [0.717, 1.165) is 31.5 Å². The molecule has 7 nitrogen and oxygen atoms in total. The van der Waals surface area contributed by atoms with Crippen molar-refractivity contribution in [1.29, 1.82) is 0 Å². The fraction of sp³-hybridized carbons (Fsp3) is 0.250. The number of rotatable bonds is 6. The van der Waals surface area contributed by atoms with Crippen molar-refractivity contribution in [3.63, 3.8) is 0 Å². The van der Waals surface area contributed by atoms with Gasteiger partial charge in [0.25, 0.3) is 11.6 Å². The topological polar surface area (TPSA) is 88.4 Å². The highest BCUT2D eigenvalue weighted by Crippen LogP contribution is 2.29. The summed E-state index contributed by atoms with van der Waals surface area (Å²) in [7, 11) is 0. The number of likely N-dealkylation sites (tertiary alicyclic amines) is 1. The number of carbonyl (C=O) groups is 1.